The summed E-state index contributed by atoms with van der Waals surface area (Å²) in [6.07, 6.45) is 3.18. The van der Waals surface area contributed by atoms with Gasteiger partial charge in [0.15, 0.2) is 0 Å². The highest BCUT2D eigenvalue weighted by atomic mass is 16.4. The van der Waals surface area contributed by atoms with Crippen LogP contribution in [0.15, 0.2) is 0 Å². The molecule has 0 amide bonds. The van der Waals surface area contributed by atoms with E-state index in [1.54, 1.807) is 0 Å². The van der Waals surface area contributed by atoms with E-state index in [9.17, 15) is 4.79 Å². The maximum Gasteiger partial charge on any atom is 0.308 e. The molecule has 66 valence electrons. The Morgan fingerprint density at radius 3 is 3.00 bits per heavy atom. The monoisotopic (exact) mass is 167 g/mol. The third-order valence-corrected chi connectivity index (χ3v) is 2.38. The first kappa shape index (κ1) is 9.58. The largest absolute Gasteiger partial charge is 0.481 e. The second-order valence-corrected chi connectivity index (χ2v) is 3.22. The third-order valence-electron chi connectivity index (χ3n) is 2.38. The Labute approximate surface area is 73.9 Å². The summed E-state index contributed by atoms with van der Waals surface area (Å²) in [7, 11) is 5.35. The highest BCUT2D eigenvalue weighted by molar-refractivity contribution is 6.08. The van der Waals surface area contributed by atoms with Crippen molar-refractivity contribution in [2.24, 2.45) is 5.92 Å². The summed E-state index contributed by atoms with van der Waals surface area (Å²) in [4.78, 5) is 10.7. The maximum absolute atomic E-state index is 10.7. The molecule has 3 nitrogen and oxygen atoms in total. The molecule has 0 unspecified atom stereocenters. The number of hydrogen-bond donors (Lipinski definition) is 2. The predicted octanol–water partition coefficient (Wildman–Crippen LogP) is 0.416. The molecule has 2 radical (unpaired) electrons. The van der Waals surface area contributed by atoms with Gasteiger partial charge in [-0.15, -0.1) is 0 Å². The molecule has 0 aromatic heterocycles. The van der Waals surface area contributed by atoms with E-state index in [0.29, 0.717) is 6.32 Å². The molecule has 0 aromatic rings. The average Bonchev–Trinajstić information content (AvgIpc) is 2.48. The number of carboxylic acid groups (broad SMARTS) is 1. The van der Waals surface area contributed by atoms with Gasteiger partial charge in [0.2, 0.25) is 0 Å². The molecule has 0 spiro atoms. The smallest absolute Gasteiger partial charge is 0.308 e. The normalized spacial score (nSPS) is 29.0. The van der Waals surface area contributed by atoms with Crippen LogP contribution in [0.5, 0.6) is 0 Å². The summed E-state index contributed by atoms with van der Waals surface area (Å²) in [5.41, 5.74) is 0. The van der Waals surface area contributed by atoms with Crippen LogP contribution < -0.4 is 5.32 Å². The number of hydrogen-bond acceptors (Lipinski definition) is 2. The Morgan fingerprint density at radius 2 is 2.42 bits per heavy atom. The number of rotatable bonds is 4. The molecular formula is C8H14BNO2. The van der Waals surface area contributed by atoms with Gasteiger partial charge in [0, 0.05) is 6.04 Å². The summed E-state index contributed by atoms with van der Waals surface area (Å²) >= 11 is 0. The summed E-state index contributed by atoms with van der Waals surface area (Å²) in [5, 5.41) is 12.0. The van der Waals surface area contributed by atoms with Gasteiger partial charge in [0.25, 0.3) is 0 Å². The first-order chi connectivity index (χ1) is 5.75. The fourth-order valence-corrected chi connectivity index (χ4v) is 1.70. The van der Waals surface area contributed by atoms with E-state index in [2.05, 4.69) is 5.32 Å². The summed E-state index contributed by atoms with van der Waals surface area (Å²) < 4.78 is 0. The molecule has 1 fully saturated rings. The molecule has 0 aromatic carbocycles. The maximum atomic E-state index is 10.7. The van der Waals surface area contributed by atoms with Crippen LogP contribution in [-0.2, 0) is 4.79 Å². The van der Waals surface area contributed by atoms with E-state index in [0.717, 1.165) is 25.8 Å². The summed E-state index contributed by atoms with van der Waals surface area (Å²) in [6.45, 7) is 0.826. The van der Waals surface area contributed by atoms with Crippen molar-refractivity contribution in [3.63, 3.8) is 0 Å². The van der Waals surface area contributed by atoms with Crippen LogP contribution in [0.2, 0.25) is 6.32 Å². The fraction of sp³-hybridized carbons (Fsp3) is 0.875. The van der Waals surface area contributed by atoms with Crippen LogP contribution in [0.1, 0.15) is 19.3 Å². The van der Waals surface area contributed by atoms with E-state index < -0.39 is 5.97 Å². The Bertz CT molecular complexity index is 163. The molecule has 1 aliphatic rings. The summed E-state index contributed by atoms with van der Waals surface area (Å²) in [5.74, 6) is -0.876. The van der Waals surface area contributed by atoms with Crippen LogP contribution in [0.4, 0.5) is 0 Å². The molecular weight excluding hydrogens is 153 g/mol. The molecule has 1 heterocycles. The highest BCUT2D eigenvalue weighted by Crippen LogP contribution is 2.19. The van der Waals surface area contributed by atoms with Gasteiger partial charge in [0.05, 0.1) is 13.8 Å². The quantitative estimate of drug-likeness (QED) is 0.596. The van der Waals surface area contributed by atoms with Gasteiger partial charge in [-0.05, 0) is 19.4 Å². The van der Waals surface area contributed by atoms with Crippen LogP contribution >= 0.6 is 0 Å². The van der Waals surface area contributed by atoms with Gasteiger partial charge in [-0.3, -0.25) is 4.79 Å². The Balaban J connectivity index is 2.35. The molecule has 0 bridgehead atoms. The lowest BCUT2D eigenvalue weighted by Gasteiger charge is -2.14. The van der Waals surface area contributed by atoms with Gasteiger partial charge in [-0.25, -0.2) is 0 Å². The standard InChI is InChI=1S/C8H14BNO2/c9-4-1-2-7-6(8(11)12)3-5-10-7/h6-7,10H,1-5H2,(H,11,12)/t6-,7-/m1/s1. The molecule has 0 saturated carbocycles. The van der Waals surface area contributed by atoms with E-state index >= 15 is 0 Å². The molecule has 1 rings (SSSR count). The highest BCUT2D eigenvalue weighted by Gasteiger charge is 2.31. The lowest BCUT2D eigenvalue weighted by Crippen LogP contribution is -2.31. The minimum absolute atomic E-state index is 0.144. The van der Waals surface area contributed by atoms with E-state index in [1.165, 1.54) is 0 Å². The minimum Gasteiger partial charge on any atom is -0.481 e. The molecule has 12 heavy (non-hydrogen) atoms. The molecule has 2 atom stereocenters. The molecule has 1 saturated heterocycles. The van der Waals surface area contributed by atoms with E-state index in [-0.39, 0.29) is 12.0 Å². The van der Waals surface area contributed by atoms with Crippen molar-refractivity contribution >= 4 is 13.8 Å². The molecule has 2 N–H and O–H groups in total. The van der Waals surface area contributed by atoms with Crippen molar-refractivity contribution in [1.82, 2.24) is 5.32 Å². The SMILES string of the molecule is [B]CCC[C@H]1NCC[C@H]1C(=O)O. The van der Waals surface area contributed by atoms with Crippen LogP contribution in [-0.4, -0.2) is 31.5 Å². The van der Waals surface area contributed by atoms with Crippen molar-refractivity contribution in [3.05, 3.63) is 0 Å². The topological polar surface area (TPSA) is 49.3 Å². The lowest BCUT2D eigenvalue weighted by molar-refractivity contribution is -0.142. The zero-order chi connectivity index (χ0) is 8.97. The fourth-order valence-electron chi connectivity index (χ4n) is 1.70. The lowest BCUT2D eigenvalue weighted by atomic mass is 9.92. The average molecular weight is 167 g/mol. The molecule has 1 aliphatic heterocycles. The number of aliphatic carboxylic acids is 1. The van der Waals surface area contributed by atoms with Gasteiger partial charge >= 0.3 is 5.97 Å². The van der Waals surface area contributed by atoms with Gasteiger partial charge in [0.1, 0.15) is 0 Å². The van der Waals surface area contributed by atoms with Crippen molar-refractivity contribution in [1.29, 1.82) is 0 Å². The van der Waals surface area contributed by atoms with Gasteiger partial charge in [-0.1, -0.05) is 12.7 Å². The first-order valence-electron chi connectivity index (χ1n) is 4.42. The Kier molecular flexibility index (Phi) is 3.60. The number of nitrogens with one attached hydrogen (secondary N) is 1. The number of carboxylic acids is 1. The second kappa shape index (κ2) is 4.50. The summed E-state index contributed by atoms with van der Waals surface area (Å²) in [6, 6.07) is 0.144. The second-order valence-electron chi connectivity index (χ2n) is 3.22. The predicted molar refractivity (Wildman–Crippen MR) is 47.3 cm³/mol. The van der Waals surface area contributed by atoms with Crippen molar-refractivity contribution in [2.45, 2.75) is 31.6 Å². The Morgan fingerprint density at radius 1 is 1.67 bits per heavy atom. The minimum atomic E-state index is -0.679. The molecule has 0 aliphatic carbocycles. The number of carbonyl (C=O) groups is 1. The van der Waals surface area contributed by atoms with Gasteiger partial charge in [-0.2, -0.15) is 0 Å². The Hall–Kier alpha value is -0.505. The zero-order valence-corrected chi connectivity index (χ0v) is 7.12. The third kappa shape index (κ3) is 2.24. The van der Waals surface area contributed by atoms with Gasteiger partial charge < -0.3 is 10.4 Å². The van der Waals surface area contributed by atoms with Crippen LogP contribution in [0.25, 0.3) is 0 Å². The first-order valence-corrected chi connectivity index (χ1v) is 4.42. The van der Waals surface area contributed by atoms with Crippen molar-refractivity contribution in [2.75, 3.05) is 6.54 Å². The molecule has 4 heteroatoms. The van der Waals surface area contributed by atoms with Crippen molar-refractivity contribution in [3.8, 4) is 0 Å². The van der Waals surface area contributed by atoms with Crippen LogP contribution in [0, 0.1) is 5.92 Å². The zero-order valence-electron chi connectivity index (χ0n) is 7.12. The van der Waals surface area contributed by atoms with Crippen molar-refractivity contribution < 1.29 is 9.90 Å². The van der Waals surface area contributed by atoms with Crippen LogP contribution in [0.3, 0.4) is 0 Å². The van der Waals surface area contributed by atoms with E-state index in [1.807, 2.05) is 0 Å². The van der Waals surface area contributed by atoms with E-state index in [4.69, 9.17) is 13.0 Å².